The molecule has 5 nitrogen and oxygen atoms in total. The molecule has 0 saturated heterocycles. The molecular weight excluding hydrogens is 358 g/mol. The summed E-state index contributed by atoms with van der Waals surface area (Å²) in [6, 6.07) is 8.86. The van der Waals surface area contributed by atoms with Crippen LogP contribution in [0.2, 0.25) is 0 Å². The molecule has 0 radical (unpaired) electrons. The van der Waals surface area contributed by atoms with E-state index >= 15 is 0 Å². The average Bonchev–Trinajstić information content (AvgIpc) is 2.59. The maximum absolute atomic E-state index is 11.4. The lowest BCUT2D eigenvalue weighted by Crippen LogP contribution is -2.42. The van der Waals surface area contributed by atoms with Crippen LogP contribution in [0.1, 0.15) is 57.6 Å². The summed E-state index contributed by atoms with van der Waals surface area (Å²) in [6.07, 6.45) is 3.97. The van der Waals surface area contributed by atoms with Crippen LogP contribution in [0.25, 0.3) is 0 Å². The topological polar surface area (TPSA) is 70.6 Å². The number of hydrogen-bond acceptors (Lipinski definition) is 3. The quantitative estimate of drug-likeness (QED) is 0.362. The molecule has 0 saturated carbocycles. The van der Waals surface area contributed by atoms with Crippen molar-refractivity contribution in [2.75, 3.05) is 32.1 Å². The number of sulfone groups is 1. The molecular formula is C21H37N3O2S. The minimum absolute atomic E-state index is 0.112. The van der Waals surface area contributed by atoms with Crippen LogP contribution in [0.3, 0.4) is 0 Å². The average molecular weight is 396 g/mol. The van der Waals surface area contributed by atoms with Crippen molar-refractivity contribution in [3.8, 4) is 0 Å². The van der Waals surface area contributed by atoms with Crippen molar-refractivity contribution in [2.24, 2.45) is 10.4 Å². The molecule has 0 bridgehead atoms. The zero-order valence-corrected chi connectivity index (χ0v) is 18.6. The monoisotopic (exact) mass is 395 g/mol. The Hall–Kier alpha value is -1.56. The van der Waals surface area contributed by atoms with Gasteiger partial charge in [-0.1, -0.05) is 52.0 Å². The van der Waals surface area contributed by atoms with Gasteiger partial charge in [0.15, 0.2) is 5.96 Å². The third kappa shape index (κ3) is 10.4. The fraction of sp³-hybridized carbons (Fsp3) is 0.667. The third-order valence-electron chi connectivity index (χ3n) is 4.69. The molecule has 2 N–H and O–H groups in total. The van der Waals surface area contributed by atoms with Crippen molar-refractivity contribution < 1.29 is 8.42 Å². The van der Waals surface area contributed by atoms with Gasteiger partial charge in [-0.3, -0.25) is 4.99 Å². The molecule has 0 aliphatic heterocycles. The predicted molar refractivity (Wildman–Crippen MR) is 116 cm³/mol. The lowest BCUT2D eigenvalue weighted by Gasteiger charge is -2.25. The largest absolute Gasteiger partial charge is 0.356 e. The van der Waals surface area contributed by atoms with E-state index in [0.29, 0.717) is 18.9 Å². The fourth-order valence-electron chi connectivity index (χ4n) is 2.66. The summed E-state index contributed by atoms with van der Waals surface area (Å²) in [5, 5.41) is 6.64. The fourth-order valence-corrected chi connectivity index (χ4v) is 3.59. The third-order valence-corrected chi connectivity index (χ3v) is 5.63. The van der Waals surface area contributed by atoms with Crippen molar-refractivity contribution in [2.45, 2.75) is 52.9 Å². The van der Waals surface area contributed by atoms with Crippen LogP contribution in [-0.4, -0.2) is 46.5 Å². The van der Waals surface area contributed by atoms with Gasteiger partial charge in [-0.15, -0.1) is 0 Å². The van der Waals surface area contributed by atoms with E-state index in [0.717, 1.165) is 25.3 Å². The second-order valence-electron chi connectivity index (χ2n) is 8.40. The van der Waals surface area contributed by atoms with Crippen LogP contribution in [0.15, 0.2) is 29.3 Å². The smallest absolute Gasteiger partial charge is 0.190 e. The summed E-state index contributed by atoms with van der Waals surface area (Å²) < 4.78 is 22.7. The number of guanidine groups is 1. The highest BCUT2D eigenvalue weighted by atomic mass is 32.2. The van der Waals surface area contributed by atoms with Gasteiger partial charge in [-0.2, -0.15) is 0 Å². The molecule has 154 valence electrons. The molecule has 0 fully saturated rings. The predicted octanol–water partition coefficient (Wildman–Crippen LogP) is 3.37. The molecule has 1 rings (SSSR count). The van der Waals surface area contributed by atoms with Gasteiger partial charge in [0.05, 0.1) is 5.75 Å². The Balaban J connectivity index is 2.33. The Kier molecular flexibility index (Phi) is 9.30. The molecule has 0 unspecified atom stereocenters. The first kappa shape index (κ1) is 23.5. The molecule has 1 aromatic rings. The van der Waals surface area contributed by atoms with Crippen molar-refractivity contribution in [1.29, 1.82) is 0 Å². The normalized spacial score (nSPS) is 13.1. The summed E-state index contributed by atoms with van der Waals surface area (Å²) >= 11 is 0. The summed E-state index contributed by atoms with van der Waals surface area (Å²) in [5.74, 6) is 1.54. The summed E-state index contributed by atoms with van der Waals surface area (Å²) in [7, 11) is -1.17. The Bertz CT molecular complexity index is 693. The van der Waals surface area contributed by atoms with Crippen molar-refractivity contribution in [1.82, 2.24) is 10.6 Å². The Morgan fingerprint density at radius 3 is 2.30 bits per heavy atom. The number of nitrogens with zero attached hydrogens (tertiary/aromatic N) is 1. The second-order valence-corrected chi connectivity index (χ2v) is 10.7. The lowest BCUT2D eigenvalue weighted by atomic mass is 9.90. The minimum atomic E-state index is -2.93. The van der Waals surface area contributed by atoms with E-state index in [9.17, 15) is 8.42 Å². The van der Waals surface area contributed by atoms with Gasteiger partial charge in [0.25, 0.3) is 0 Å². The molecule has 1 aromatic carbocycles. The maximum Gasteiger partial charge on any atom is 0.190 e. The van der Waals surface area contributed by atoms with Crippen molar-refractivity contribution in [3.63, 3.8) is 0 Å². The first-order valence-corrected chi connectivity index (χ1v) is 11.8. The van der Waals surface area contributed by atoms with Crippen LogP contribution in [0.5, 0.6) is 0 Å². The Morgan fingerprint density at radius 2 is 1.78 bits per heavy atom. The number of nitrogens with one attached hydrogen (secondary N) is 2. The maximum atomic E-state index is 11.4. The zero-order chi connectivity index (χ0) is 20.5. The summed E-state index contributed by atoms with van der Waals surface area (Å²) in [6.45, 7) is 10.1. The van der Waals surface area contributed by atoms with Gasteiger partial charge >= 0.3 is 0 Å². The van der Waals surface area contributed by atoms with Crippen LogP contribution >= 0.6 is 0 Å². The SMILES string of the molecule is CN=C(NCCCc1ccc(C(C)C)cc1)NCC(C)(C)CCS(C)(=O)=O. The van der Waals surface area contributed by atoms with E-state index in [-0.39, 0.29) is 11.2 Å². The van der Waals surface area contributed by atoms with Gasteiger partial charge in [0, 0.05) is 26.4 Å². The Labute approximate surface area is 166 Å². The number of hydrogen-bond donors (Lipinski definition) is 2. The van der Waals surface area contributed by atoms with E-state index in [1.807, 2.05) is 0 Å². The lowest BCUT2D eigenvalue weighted by molar-refractivity contribution is 0.348. The molecule has 0 atom stereocenters. The summed E-state index contributed by atoms with van der Waals surface area (Å²) in [4.78, 5) is 4.25. The van der Waals surface area contributed by atoms with E-state index < -0.39 is 9.84 Å². The summed E-state index contributed by atoms with van der Waals surface area (Å²) in [5.41, 5.74) is 2.62. The highest BCUT2D eigenvalue weighted by Gasteiger charge is 2.20. The van der Waals surface area contributed by atoms with Gasteiger partial charge in [0.2, 0.25) is 0 Å². The van der Waals surface area contributed by atoms with E-state index in [2.05, 4.69) is 67.6 Å². The van der Waals surface area contributed by atoms with Gasteiger partial charge in [-0.05, 0) is 41.7 Å². The van der Waals surface area contributed by atoms with Gasteiger partial charge < -0.3 is 10.6 Å². The molecule has 0 heterocycles. The minimum Gasteiger partial charge on any atom is -0.356 e. The van der Waals surface area contributed by atoms with Crippen molar-refractivity contribution in [3.05, 3.63) is 35.4 Å². The Morgan fingerprint density at radius 1 is 1.15 bits per heavy atom. The molecule has 0 spiro atoms. The van der Waals surface area contributed by atoms with Crippen LogP contribution < -0.4 is 10.6 Å². The second kappa shape index (κ2) is 10.7. The highest BCUT2D eigenvalue weighted by Crippen LogP contribution is 2.19. The zero-order valence-electron chi connectivity index (χ0n) is 17.8. The molecule has 6 heteroatoms. The van der Waals surface area contributed by atoms with E-state index in [4.69, 9.17) is 0 Å². The van der Waals surface area contributed by atoms with Crippen LogP contribution in [0, 0.1) is 5.41 Å². The molecule has 0 aliphatic carbocycles. The highest BCUT2D eigenvalue weighted by molar-refractivity contribution is 7.90. The van der Waals surface area contributed by atoms with Gasteiger partial charge in [-0.25, -0.2) is 8.42 Å². The van der Waals surface area contributed by atoms with Crippen molar-refractivity contribution >= 4 is 15.8 Å². The number of rotatable bonds is 10. The van der Waals surface area contributed by atoms with Crippen LogP contribution in [-0.2, 0) is 16.3 Å². The molecule has 0 aromatic heterocycles. The van der Waals surface area contributed by atoms with Crippen LogP contribution in [0.4, 0.5) is 0 Å². The molecule has 0 amide bonds. The number of benzene rings is 1. The van der Waals surface area contributed by atoms with Gasteiger partial charge in [0.1, 0.15) is 9.84 Å². The number of aryl methyl sites for hydroxylation is 1. The molecule has 0 aliphatic rings. The first-order chi connectivity index (χ1) is 12.5. The number of aliphatic imine (C=N–C) groups is 1. The first-order valence-electron chi connectivity index (χ1n) is 9.73. The molecule has 27 heavy (non-hydrogen) atoms. The standard InChI is InChI=1S/C21H37N3O2S/c1-17(2)19-11-9-18(10-12-19)8-7-14-23-20(22-5)24-16-21(3,4)13-15-27(6,25)26/h9-12,17H,7-8,13-16H2,1-6H3,(H2,22,23,24). The van der Waals surface area contributed by atoms with E-state index in [1.54, 1.807) is 7.05 Å². The van der Waals surface area contributed by atoms with E-state index in [1.165, 1.54) is 17.4 Å².